The van der Waals surface area contributed by atoms with Crippen molar-refractivity contribution in [3.8, 4) is 0 Å². The molecule has 1 aromatic carbocycles. The second-order valence-corrected chi connectivity index (χ2v) is 6.52. The third-order valence-corrected chi connectivity index (χ3v) is 5.08. The Balaban J connectivity index is 2.23. The quantitative estimate of drug-likeness (QED) is 0.834. The highest BCUT2D eigenvalue weighted by Crippen LogP contribution is 2.40. The van der Waals surface area contributed by atoms with Crippen molar-refractivity contribution in [2.24, 2.45) is 11.8 Å². The minimum Gasteiger partial charge on any atom is -0.389 e. The zero-order valence-corrected chi connectivity index (χ0v) is 12.4. The maximum absolute atomic E-state index is 10.9. The molecule has 0 aromatic heterocycles. The first-order valence-corrected chi connectivity index (χ1v) is 7.34. The van der Waals surface area contributed by atoms with Gasteiger partial charge in [0.1, 0.15) is 0 Å². The number of hydrogen-bond donors (Lipinski definition) is 1. The van der Waals surface area contributed by atoms with E-state index in [0.29, 0.717) is 28.3 Å². The molecule has 3 atom stereocenters. The summed E-state index contributed by atoms with van der Waals surface area (Å²) in [6.45, 7) is 4.36. The molecule has 0 bridgehead atoms. The fraction of sp³-hybridized carbons (Fsp3) is 0.600. The first-order chi connectivity index (χ1) is 8.42. The van der Waals surface area contributed by atoms with E-state index >= 15 is 0 Å². The van der Waals surface area contributed by atoms with Crippen molar-refractivity contribution in [3.05, 3.63) is 33.8 Å². The van der Waals surface area contributed by atoms with Crippen LogP contribution in [0.2, 0.25) is 10.0 Å². The van der Waals surface area contributed by atoms with Crippen LogP contribution in [0.15, 0.2) is 18.2 Å². The Morgan fingerprint density at radius 3 is 2.78 bits per heavy atom. The molecular formula is C15H20Cl2O. The number of benzene rings is 1. The van der Waals surface area contributed by atoms with Crippen molar-refractivity contribution in [2.45, 2.75) is 45.1 Å². The van der Waals surface area contributed by atoms with Crippen LogP contribution < -0.4 is 0 Å². The summed E-state index contributed by atoms with van der Waals surface area (Å²) >= 11 is 12.2. The summed E-state index contributed by atoms with van der Waals surface area (Å²) in [4.78, 5) is 0. The van der Waals surface area contributed by atoms with Crippen LogP contribution in [0.1, 0.15) is 38.7 Å². The Labute approximate surface area is 119 Å². The predicted molar refractivity (Wildman–Crippen MR) is 77.3 cm³/mol. The van der Waals surface area contributed by atoms with Crippen LogP contribution in [-0.4, -0.2) is 10.7 Å². The third-order valence-electron chi connectivity index (χ3n) is 4.47. The predicted octanol–water partition coefficient (Wildman–Crippen LogP) is 4.72. The SMILES string of the molecule is CC1CCCC(O)(Cc2cc(Cl)ccc2Cl)C1C. The molecule has 1 aliphatic rings. The van der Waals surface area contributed by atoms with E-state index in [1.54, 1.807) is 12.1 Å². The normalized spacial score (nSPS) is 32.5. The third kappa shape index (κ3) is 2.84. The van der Waals surface area contributed by atoms with Crippen LogP contribution in [0.3, 0.4) is 0 Å². The second-order valence-electron chi connectivity index (χ2n) is 5.67. The molecule has 1 nitrogen and oxygen atoms in total. The lowest BCUT2D eigenvalue weighted by molar-refractivity contribution is -0.0620. The van der Waals surface area contributed by atoms with E-state index in [4.69, 9.17) is 23.2 Å². The summed E-state index contributed by atoms with van der Waals surface area (Å²) in [6.07, 6.45) is 3.73. The number of aliphatic hydroxyl groups is 1. The van der Waals surface area contributed by atoms with Crippen molar-refractivity contribution in [3.63, 3.8) is 0 Å². The minimum absolute atomic E-state index is 0.293. The lowest BCUT2D eigenvalue weighted by atomic mass is 9.68. The van der Waals surface area contributed by atoms with Gasteiger partial charge in [0, 0.05) is 16.5 Å². The molecule has 1 aromatic rings. The van der Waals surface area contributed by atoms with Crippen LogP contribution in [0.25, 0.3) is 0 Å². The average Bonchev–Trinajstić information content (AvgIpc) is 2.31. The number of rotatable bonds is 2. The fourth-order valence-electron chi connectivity index (χ4n) is 3.00. The van der Waals surface area contributed by atoms with Gasteiger partial charge in [-0.25, -0.2) is 0 Å². The van der Waals surface area contributed by atoms with E-state index in [-0.39, 0.29) is 0 Å². The fourth-order valence-corrected chi connectivity index (χ4v) is 3.37. The van der Waals surface area contributed by atoms with E-state index in [9.17, 15) is 5.11 Å². The van der Waals surface area contributed by atoms with Gasteiger partial charge in [-0.1, -0.05) is 49.9 Å². The zero-order valence-electron chi connectivity index (χ0n) is 10.9. The first kappa shape index (κ1) is 14.2. The summed E-state index contributed by atoms with van der Waals surface area (Å²) in [6, 6.07) is 5.46. The second kappa shape index (κ2) is 5.40. The van der Waals surface area contributed by atoms with Gasteiger partial charge in [-0.2, -0.15) is 0 Å². The van der Waals surface area contributed by atoms with E-state index < -0.39 is 5.60 Å². The largest absolute Gasteiger partial charge is 0.389 e. The van der Waals surface area contributed by atoms with Crippen LogP contribution in [0.4, 0.5) is 0 Å². The maximum Gasteiger partial charge on any atom is 0.0716 e. The van der Waals surface area contributed by atoms with Crippen molar-refractivity contribution >= 4 is 23.2 Å². The standard InChI is InChI=1S/C15H20Cl2O/c1-10-4-3-7-15(18,11(10)2)9-12-8-13(16)5-6-14(12)17/h5-6,8,10-11,18H,3-4,7,9H2,1-2H3. The molecule has 3 unspecified atom stereocenters. The summed E-state index contributed by atoms with van der Waals surface area (Å²) in [5.74, 6) is 0.850. The molecule has 1 aliphatic carbocycles. The smallest absolute Gasteiger partial charge is 0.0716 e. The molecule has 0 saturated heterocycles. The van der Waals surface area contributed by atoms with Crippen molar-refractivity contribution in [1.29, 1.82) is 0 Å². The number of halogens is 2. The molecule has 18 heavy (non-hydrogen) atoms. The molecule has 0 amide bonds. The Hall–Kier alpha value is -0.240. The summed E-state index contributed by atoms with van der Waals surface area (Å²) in [5, 5.41) is 12.2. The van der Waals surface area contributed by atoms with Crippen LogP contribution in [0, 0.1) is 11.8 Å². The highest BCUT2D eigenvalue weighted by molar-refractivity contribution is 6.33. The molecule has 1 N–H and O–H groups in total. The molecule has 0 radical (unpaired) electrons. The maximum atomic E-state index is 10.9. The van der Waals surface area contributed by atoms with Gasteiger partial charge in [0.15, 0.2) is 0 Å². The summed E-state index contributed by atoms with van der Waals surface area (Å²) in [7, 11) is 0. The molecule has 1 fully saturated rings. The van der Waals surface area contributed by atoms with Gasteiger partial charge in [0.25, 0.3) is 0 Å². The van der Waals surface area contributed by atoms with Gasteiger partial charge >= 0.3 is 0 Å². The van der Waals surface area contributed by atoms with Gasteiger partial charge < -0.3 is 5.11 Å². The molecule has 0 heterocycles. The molecular weight excluding hydrogens is 267 g/mol. The molecule has 100 valence electrons. The van der Waals surface area contributed by atoms with Crippen LogP contribution in [0.5, 0.6) is 0 Å². The molecule has 2 rings (SSSR count). The van der Waals surface area contributed by atoms with Gasteiger partial charge in [-0.3, -0.25) is 0 Å². The average molecular weight is 287 g/mol. The van der Waals surface area contributed by atoms with E-state index in [2.05, 4.69) is 13.8 Å². The lowest BCUT2D eigenvalue weighted by Crippen LogP contribution is -2.44. The van der Waals surface area contributed by atoms with E-state index in [1.165, 1.54) is 6.42 Å². The monoisotopic (exact) mass is 286 g/mol. The molecule has 1 saturated carbocycles. The van der Waals surface area contributed by atoms with Gasteiger partial charge in [-0.05, 0) is 42.0 Å². The summed E-state index contributed by atoms with van der Waals surface area (Å²) in [5.41, 5.74) is 0.305. The van der Waals surface area contributed by atoms with Crippen LogP contribution >= 0.6 is 23.2 Å². The highest BCUT2D eigenvalue weighted by atomic mass is 35.5. The molecule has 0 aliphatic heterocycles. The lowest BCUT2D eigenvalue weighted by Gasteiger charge is -2.42. The molecule has 0 spiro atoms. The zero-order chi connectivity index (χ0) is 13.3. The Morgan fingerprint density at radius 1 is 1.33 bits per heavy atom. The van der Waals surface area contributed by atoms with Crippen molar-refractivity contribution in [1.82, 2.24) is 0 Å². The van der Waals surface area contributed by atoms with Crippen molar-refractivity contribution in [2.75, 3.05) is 0 Å². The highest BCUT2D eigenvalue weighted by Gasteiger charge is 2.40. The Kier molecular flexibility index (Phi) is 4.25. The summed E-state index contributed by atoms with van der Waals surface area (Å²) < 4.78 is 0. The van der Waals surface area contributed by atoms with E-state index in [1.807, 2.05) is 6.07 Å². The van der Waals surface area contributed by atoms with Crippen LogP contribution in [-0.2, 0) is 6.42 Å². The first-order valence-electron chi connectivity index (χ1n) is 6.59. The minimum atomic E-state index is -0.647. The van der Waals surface area contributed by atoms with Gasteiger partial charge in [0.2, 0.25) is 0 Å². The Bertz CT molecular complexity index is 433. The molecule has 3 heteroatoms. The van der Waals surface area contributed by atoms with Gasteiger partial charge in [-0.15, -0.1) is 0 Å². The van der Waals surface area contributed by atoms with E-state index in [0.717, 1.165) is 18.4 Å². The number of hydrogen-bond acceptors (Lipinski definition) is 1. The topological polar surface area (TPSA) is 20.2 Å². The van der Waals surface area contributed by atoms with Crippen molar-refractivity contribution < 1.29 is 5.11 Å². The Morgan fingerprint density at radius 2 is 2.06 bits per heavy atom. The van der Waals surface area contributed by atoms with Gasteiger partial charge in [0.05, 0.1) is 5.60 Å².